The fourth-order valence-corrected chi connectivity index (χ4v) is 3.10. The van der Waals surface area contributed by atoms with Crippen LogP contribution in [0.3, 0.4) is 0 Å². The maximum Gasteiger partial charge on any atom is 0.0413 e. The van der Waals surface area contributed by atoms with Crippen molar-refractivity contribution in [3.63, 3.8) is 0 Å². The van der Waals surface area contributed by atoms with Gasteiger partial charge < -0.3 is 15.1 Å². The smallest absolute Gasteiger partial charge is 0.0413 e. The van der Waals surface area contributed by atoms with Crippen LogP contribution in [0.25, 0.3) is 0 Å². The van der Waals surface area contributed by atoms with E-state index in [0.29, 0.717) is 0 Å². The summed E-state index contributed by atoms with van der Waals surface area (Å²) in [4.78, 5) is 4.97. The van der Waals surface area contributed by atoms with Crippen LogP contribution in [0.4, 0.5) is 5.69 Å². The number of nitrogens with zero attached hydrogens (tertiary/aromatic N) is 2. The van der Waals surface area contributed by atoms with Gasteiger partial charge in [-0.25, -0.2) is 0 Å². The molecule has 1 N–H and O–H groups in total. The van der Waals surface area contributed by atoms with Crippen LogP contribution >= 0.6 is 15.9 Å². The van der Waals surface area contributed by atoms with Crippen LogP contribution in [0.5, 0.6) is 0 Å². The Balaban J connectivity index is 2.12. The Morgan fingerprint density at radius 2 is 2.05 bits per heavy atom. The van der Waals surface area contributed by atoms with Gasteiger partial charge >= 0.3 is 0 Å². The molecule has 0 radical (unpaired) electrons. The van der Waals surface area contributed by atoms with Crippen LogP contribution in [-0.4, -0.2) is 44.7 Å². The molecule has 1 heterocycles. The molecule has 0 aliphatic carbocycles. The topological polar surface area (TPSA) is 18.5 Å². The average molecular weight is 340 g/mol. The summed E-state index contributed by atoms with van der Waals surface area (Å²) in [5.41, 5.74) is 2.80. The Hall–Kier alpha value is -0.580. The van der Waals surface area contributed by atoms with E-state index in [0.717, 1.165) is 32.7 Å². The highest BCUT2D eigenvalue weighted by Gasteiger charge is 2.15. The van der Waals surface area contributed by atoms with Gasteiger partial charge in [-0.1, -0.05) is 22.9 Å². The van der Waals surface area contributed by atoms with E-state index in [9.17, 15) is 0 Å². The molecule has 0 saturated carbocycles. The second kappa shape index (κ2) is 8.01. The molecule has 1 aliphatic rings. The summed E-state index contributed by atoms with van der Waals surface area (Å²) >= 11 is 3.60. The number of hydrogen-bond acceptors (Lipinski definition) is 3. The summed E-state index contributed by atoms with van der Waals surface area (Å²) in [6, 6.07) is 6.68. The zero-order valence-corrected chi connectivity index (χ0v) is 14.2. The first kappa shape index (κ1) is 15.8. The van der Waals surface area contributed by atoms with Crippen LogP contribution in [0.15, 0.2) is 22.7 Å². The number of likely N-dealkylation sites (N-methyl/N-ethyl adjacent to an activating group) is 1. The van der Waals surface area contributed by atoms with E-state index in [1.54, 1.807) is 0 Å². The zero-order chi connectivity index (χ0) is 14.4. The Morgan fingerprint density at radius 3 is 2.85 bits per heavy atom. The minimum atomic E-state index is 0.953. The third-order valence-corrected chi connectivity index (χ3v) is 4.34. The van der Waals surface area contributed by atoms with Gasteiger partial charge in [0.15, 0.2) is 0 Å². The van der Waals surface area contributed by atoms with E-state index in [1.807, 2.05) is 0 Å². The summed E-state index contributed by atoms with van der Waals surface area (Å²) in [5.74, 6) is 0. The number of rotatable bonds is 5. The molecule has 0 bridgehead atoms. The van der Waals surface area contributed by atoms with Crippen LogP contribution in [0, 0.1) is 0 Å². The maximum atomic E-state index is 3.60. The minimum Gasteiger partial charge on any atom is -0.370 e. The van der Waals surface area contributed by atoms with Gasteiger partial charge in [0, 0.05) is 36.3 Å². The van der Waals surface area contributed by atoms with Crippen molar-refractivity contribution in [1.29, 1.82) is 0 Å². The van der Waals surface area contributed by atoms with Gasteiger partial charge in [0.1, 0.15) is 0 Å². The van der Waals surface area contributed by atoms with E-state index < -0.39 is 0 Å². The Labute approximate surface area is 131 Å². The highest BCUT2D eigenvalue weighted by Crippen LogP contribution is 2.25. The molecule has 1 aromatic carbocycles. The normalized spacial score (nSPS) is 17.2. The second-order valence-corrected chi connectivity index (χ2v) is 6.51. The molecule has 20 heavy (non-hydrogen) atoms. The first-order valence-electron chi connectivity index (χ1n) is 7.63. The first-order chi connectivity index (χ1) is 9.70. The summed E-state index contributed by atoms with van der Waals surface area (Å²) in [6.45, 7) is 8.88. The number of hydrogen-bond donors (Lipinski definition) is 1. The number of halogens is 1. The lowest BCUT2D eigenvalue weighted by atomic mass is 10.1. The largest absolute Gasteiger partial charge is 0.370 e. The van der Waals surface area contributed by atoms with Crippen molar-refractivity contribution >= 4 is 21.6 Å². The van der Waals surface area contributed by atoms with E-state index in [-0.39, 0.29) is 0 Å². The molecule has 1 saturated heterocycles. The monoisotopic (exact) mass is 339 g/mol. The fraction of sp³-hybridized carbons (Fsp3) is 0.625. The van der Waals surface area contributed by atoms with Gasteiger partial charge in [-0.05, 0) is 56.7 Å². The van der Waals surface area contributed by atoms with Crippen LogP contribution in [0.2, 0.25) is 0 Å². The van der Waals surface area contributed by atoms with Gasteiger partial charge in [0.05, 0.1) is 0 Å². The summed E-state index contributed by atoms with van der Waals surface area (Å²) in [5, 5.41) is 3.52. The molecule has 0 spiro atoms. The van der Waals surface area contributed by atoms with Crippen LogP contribution < -0.4 is 10.2 Å². The van der Waals surface area contributed by atoms with Gasteiger partial charge in [0.25, 0.3) is 0 Å². The molecular formula is C16H26BrN3. The SMILES string of the molecule is CCCNCc1cc(Br)ccc1N1CCCN(C)CC1. The molecule has 112 valence electrons. The molecule has 1 aliphatic heterocycles. The standard InChI is InChI=1S/C16H26BrN3/c1-3-7-18-13-14-12-15(17)5-6-16(14)20-9-4-8-19(2)10-11-20/h5-6,12,18H,3-4,7-11,13H2,1-2H3. The lowest BCUT2D eigenvalue weighted by Crippen LogP contribution is -2.30. The predicted molar refractivity (Wildman–Crippen MR) is 90.5 cm³/mol. The fourth-order valence-electron chi connectivity index (χ4n) is 2.69. The van der Waals surface area contributed by atoms with Crippen molar-refractivity contribution in [1.82, 2.24) is 10.2 Å². The predicted octanol–water partition coefficient (Wildman–Crippen LogP) is 3.09. The Morgan fingerprint density at radius 1 is 1.20 bits per heavy atom. The van der Waals surface area contributed by atoms with Gasteiger partial charge in [-0.15, -0.1) is 0 Å². The molecule has 0 amide bonds. The van der Waals surface area contributed by atoms with Gasteiger partial charge in [-0.3, -0.25) is 0 Å². The summed E-state index contributed by atoms with van der Waals surface area (Å²) in [6.07, 6.45) is 2.42. The molecular weight excluding hydrogens is 314 g/mol. The quantitative estimate of drug-likeness (QED) is 0.831. The van der Waals surface area contributed by atoms with Gasteiger partial charge in [0.2, 0.25) is 0 Å². The molecule has 0 aromatic heterocycles. The third kappa shape index (κ3) is 4.47. The van der Waals surface area contributed by atoms with E-state index >= 15 is 0 Å². The molecule has 0 atom stereocenters. The molecule has 1 fully saturated rings. The summed E-state index contributed by atoms with van der Waals surface area (Å²) < 4.78 is 1.17. The Bertz CT molecular complexity index is 422. The highest BCUT2D eigenvalue weighted by molar-refractivity contribution is 9.10. The third-order valence-electron chi connectivity index (χ3n) is 3.84. The number of anilines is 1. The Kier molecular flexibility index (Phi) is 6.33. The molecule has 1 aromatic rings. The van der Waals surface area contributed by atoms with Gasteiger partial charge in [-0.2, -0.15) is 0 Å². The van der Waals surface area contributed by atoms with E-state index in [1.165, 1.54) is 35.1 Å². The average Bonchev–Trinajstić information content (AvgIpc) is 2.64. The first-order valence-corrected chi connectivity index (χ1v) is 8.42. The highest BCUT2D eigenvalue weighted by atomic mass is 79.9. The van der Waals surface area contributed by atoms with Crippen molar-refractivity contribution in [3.8, 4) is 0 Å². The second-order valence-electron chi connectivity index (χ2n) is 5.59. The number of nitrogens with one attached hydrogen (secondary N) is 1. The van der Waals surface area contributed by atoms with Crippen molar-refractivity contribution < 1.29 is 0 Å². The molecule has 3 nitrogen and oxygen atoms in total. The van der Waals surface area contributed by atoms with Crippen molar-refractivity contribution in [2.45, 2.75) is 26.3 Å². The summed E-state index contributed by atoms with van der Waals surface area (Å²) in [7, 11) is 2.22. The van der Waals surface area contributed by atoms with Crippen LogP contribution in [-0.2, 0) is 6.54 Å². The zero-order valence-electron chi connectivity index (χ0n) is 12.7. The van der Waals surface area contributed by atoms with Crippen molar-refractivity contribution in [2.24, 2.45) is 0 Å². The minimum absolute atomic E-state index is 0.953. The molecule has 2 rings (SSSR count). The van der Waals surface area contributed by atoms with Crippen LogP contribution in [0.1, 0.15) is 25.3 Å². The van der Waals surface area contributed by atoms with E-state index in [4.69, 9.17) is 0 Å². The molecule has 0 unspecified atom stereocenters. The lowest BCUT2D eigenvalue weighted by molar-refractivity contribution is 0.360. The number of benzene rings is 1. The van der Waals surface area contributed by atoms with Crippen molar-refractivity contribution in [3.05, 3.63) is 28.2 Å². The van der Waals surface area contributed by atoms with Crippen molar-refractivity contribution in [2.75, 3.05) is 44.7 Å². The molecule has 4 heteroatoms. The lowest BCUT2D eigenvalue weighted by Gasteiger charge is -2.26. The van der Waals surface area contributed by atoms with E-state index in [2.05, 4.69) is 63.2 Å². The maximum absolute atomic E-state index is 3.60.